The minimum absolute atomic E-state index is 0. The van der Waals surface area contributed by atoms with E-state index >= 15 is 0 Å². The number of fused-ring (bicyclic) bond motifs is 7. The minimum atomic E-state index is -4.29. The number of aromatic nitrogens is 2. The Hall–Kier alpha value is -4.00. The first-order valence-electron chi connectivity index (χ1n) is 19.6. The molecule has 4 aromatic carbocycles. The number of pyridine rings is 2. The van der Waals surface area contributed by atoms with Crippen molar-refractivity contribution in [2.45, 2.75) is 114 Å². The van der Waals surface area contributed by atoms with Gasteiger partial charge in [0.15, 0.2) is 5.78 Å². The first-order chi connectivity index (χ1) is 25.8. The van der Waals surface area contributed by atoms with Crippen molar-refractivity contribution in [3.05, 3.63) is 94.9 Å². The summed E-state index contributed by atoms with van der Waals surface area (Å²) in [5.41, 5.74) is 5.61. The van der Waals surface area contributed by atoms with Crippen LogP contribution in [-0.4, -0.2) is 26.5 Å². The first kappa shape index (κ1) is 43.1. The van der Waals surface area contributed by atoms with Gasteiger partial charge in [0.25, 0.3) is 0 Å². The van der Waals surface area contributed by atoms with Crippen LogP contribution in [0.1, 0.15) is 103 Å². The molecule has 56 heavy (non-hydrogen) atoms. The van der Waals surface area contributed by atoms with Crippen LogP contribution in [-0.2, 0) is 31.3 Å². The van der Waals surface area contributed by atoms with Crippen LogP contribution >= 0.6 is 0 Å². The van der Waals surface area contributed by atoms with E-state index in [0.717, 1.165) is 91.0 Å². The predicted octanol–water partition coefficient (Wildman–Crippen LogP) is 14.0. The molecule has 299 valence electrons. The fraction of sp³-hybridized carbons (Fsp3) is 0.417. The number of aryl methyl sites for hydroxylation is 3. The number of carbonyl (C=O) groups excluding carboxylic acids is 1. The summed E-state index contributed by atoms with van der Waals surface area (Å²) >= 11 is 0. The van der Waals surface area contributed by atoms with E-state index in [1.54, 1.807) is 0 Å². The number of ketones is 1. The summed E-state index contributed by atoms with van der Waals surface area (Å²) in [4.78, 5) is 17.0. The summed E-state index contributed by atoms with van der Waals surface area (Å²) in [5.74, 6) is 0.286. The third-order valence-corrected chi connectivity index (χ3v) is 12.9. The van der Waals surface area contributed by atoms with E-state index in [2.05, 4.69) is 55.5 Å². The number of alkyl halides is 3. The molecule has 0 saturated carbocycles. The molecule has 3 aromatic heterocycles. The number of aliphatic hydroxyl groups excluding tert-OH is 1. The van der Waals surface area contributed by atoms with Gasteiger partial charge in [-0.25, -0.2) is 0 Å². The maximum absolute atomic E-state index is 13.8. The van der Waals surface area contributed by atoms with Crippen LogP contribution in [0.2, 0.25) is 0 Å². The zero-order chi connectivity index (χ0) is 40.4. The van der Waals surface area contributed by atoms with E-state index in [1.807, 2.05) is 72.0 Å². The zero-order valence-corrected chi connectivity index (χ0v) is 36.9. The summed E-state index contributed by atoms with van der Waals surface area (Å²) in [7, 11) is 0. The number of nitrogens with zero attached hydrogens (tertiary/aromatic N) is 2. The van der Waals surface area contributed by atoms with Gasteiger partial charge in [0, 0.05) is 70.5 Å². The smallest absolute Gasteiger partial charge is 0.394 e. The summed E-state index contributed by atoms with van der Waals surface area (Å²) in [6.45, 7) is 21.0. The van der Waals surface area contributed by atoms with Gasteiger partial charge in [-0.05, 0) is 79.9 Å². The molecule has 1 radical (unpaired) electrons. The number of halogens is 3. The molecule has 1 N–H and O–H groups in total. The molecule has 0 aliphatic carbocycles. The number of hydrogen-bond acceptors (Lipinski definition) is 3. The van der Waals surface area contributed by atoms with E-state index < -0.39 is 11.6 Å². The normalized spacial score (nSPS) is 13.3. The Labute approximate surface area is 342 Å². The van der Waals surface area contributed by atoms with Gasteiger partial charge in [0.05, 0.1) is 5.41 Å². The zero-order valence-electron chi connectivity index (χ0n) is 34.5. The van der Waals surface area contributed by atoms with Gasteiger partial charge in [0.2, 0.25) is 0 Å². The second-order valence-corrected chi connectivity index (χ2v) is 16.9. The van der Waals surface area contributed by atoms with Crippen LogP contribution in [0.3, 0.4) is 0 Å². The molecule has 0 bridgehead atoms. The third kappa shape index (κ3) is 7.10. The van der Waals surface area contributed by atoms with Gasteiger partial charge in [-0.2, -0.15) is 13.2 Å². The average Bonchev–Trinajstić information content (AvgIpc) is 3.46. The summed E-state index contributed by atoms with van der Waals surface area (Å²) in [6, 6.07) is 20.1. The van der Waals surface area contributed by atoms with Crippen LogP contribution < -0.4 is 0 Å². The Balaban J connectivity index is 0.000000285. The molecule has 0 fully saturated rings. The van der Waals surface area contributed by atoms with Crippen LogP contribution in [0.15, 0.2) is 66.6 Å². The van der Waals surface area contributed by atoms with E-state index in [-0.39, 0.29) is 48.9 Å². The molecule has 4 nitrogen and oxygen atoms in total. The summed E-state index contributed by atoms with van der Waals surface area (Å²) in [5, 5.41) is 17.5. The molecule has 7 aromatic rings. The molecule has 0 atom stereocenters. The average molecular weight is 940 g/mol. The number of allylic oxidation sites excluding steroid dienone is 2. The fourth-order valence-electron chi connectivity index (χ4n) is 8.15. The molecule has 0 aliphatic rings. The maximum Gasteiger partial charge on any atom is 0.394 e. The number of rotatable bonds is 9. The van der Waals surface area contributed by atoms with Gasteiger partial charge in [-0.3, -0.25) is 9.78 Å². The Bertz CT molecular complexity index is 2620. The minimum Gasteiger partial charge on any atom is -0.512 e. The third-order valence-electron chi connectivity index (χ3n) is 12.9. The summed E-state index contributed by atoms with van der Waals surface area (Å²) in [6.07, 6.45) is 2.22. The number of aliphatic hydroxyl groups is 1. The van der Waals surface area contributed by atoms with Crippen molar-refractivity contribution in [2.24, 2.45) is 16.2 Å². The van der Waals surface area contributed by atoms with Gasteiger partial charge >= 0.3 is 6.18 Å². The monoisotopic (exact) mass is 940 g/mol. The van der Waals surface area contributed by atoms with Crippen LogP contribution in [0.5, 0.6) is 0 Å². The molecule has 3 heterocycles. The van der Waals surface area contributed by atoms with Crippen molar-refractivity contribution in [3.8, 4) is 0 Å². The molecule has 0 saturated heterocycles. The molecule has 0 amide bonds. The molecule has 0 unspecified atom stereocenters. The number of hydrogen-bond donors (Lipinski definition) is 1. The largest absolute Gasteiger partial charge is 0.512 e. The van der Waals surface area contributed by atoms with Crippen LogP contribution in [0.25, 0.3) is 59.8 Å². The predicted molar refractivity (Wildman–Crippen MR) is 224 cm³/mol. The topological polar surface area (TPSA) is 54.6 Å². The molecular weight excluding hydrogens is 886 g/mol. The Kier molecular flexibility index (Phi) is 11.9. The number of carbonyl (C=O) groups is 1. The SMILES string of the molecule is CCC(C)(CC)C(=O)/C=C(\O)C(C)(CC)CC.Cc1cc(C)c2c(C)c3c([c-]c2c1)c1nccc2ccc4c5ccc(CC(C)(C)C(F)(F)F)cc5n3c4c21.[Ir]. The van der Waals surface area contributed by atoms with Crippen molar-refractivity contribution in [1.82, 2.24) is 9.38 Å². The maximum atomic E-state index is 13.8. The molecule has 0 aliphatic heterocycles. The van der Waals surface area contributed by atoms with Gasteiger partial charge < -0.3 is 9.51 Å². The fourth-order valence-corrected chi connectivity index (χ4v) is 8.15. The van der Waals surface area contributed by atoms with Crippen molar-refractivity contribution in [1.29, 1.82) is 0 Å². The van der Waals surface area contributed by atoms with Gasteiger partial charge in [0.1, 0.15) is 5.76 Å². The quantitative estimate of drug-likeness (QED) is 0.0516. The van der Waals surface area contributed by atoms with Crippen molar-refractivity contribution in [3.63, 3.8) is 0 Å². The van der Waals surface area contributed by atoms with Gasteiger partial charge in [-0.15, -0.1) is 17.5 Å². The van der Waals surface area contributed by atoms with Crippen molar-refractivity contribution in [2.75, 3.05) is 0 Å². The van der Waals surface area contributed by atoms with Crippen LogP contribution in [0.4, 0.5) is 13.2 Å². The molecule has 8 heteroatoms. The van der Waals surface area contributed by atoms with Crippen molar-refractivity contribution >= 4 is 65.6 Å². The van der Waals surface area contributed by atoms with Crippen LogP contribution in [0, 0.1) is 43.1 Å². The van der Waals surface area contributed by atoms with E-state index in [0.29, 0.717) is 5.56 Å². The standard InChI is InChI=1S/C33H26F3N2.C15H28O2.Ir/c1-17-12-18(2)27-19(3)30-25(15-22(27)13-17)29-28-21(10-11-37-29)7-9-24-23-8-6-20(14-26(23)38(30)31(24)28)16-32(4,5)33(34,35)36;1-7-14(5,8-2)12(16)11-13(17)15(6,9-3)10-4;/h6-14H,16H2,1-5H3;11,16H,7-10H2,1-6H3;/q-1;;/b;12-11-;. The molecule has 0 spiro atoms. The van der Waals surface area contributed by atoms with E-state index in [1.165, 1.54) is 31.1 Å². The Morgan fingerprint density at radius 2 is 1.45 bits per heavy atom. The Morgan fingerprint density at radius 1 is 0.821 bits per heavy atom. The van der Waals surface area contributed by atoms with Crippen molar-refractivity contribution < 1.29 is 43.2 Å². The van der Waals surface area contributed by atoms with E-state index in [4.69, 9.17) is 4.98 Å². The first-order valence-corrected chi connectivity index (χ1v) is 19.6. The summed E-state index contributed by atoms with van der Waals surface area (Å²) < 4.78 is 43.6. The molecule has 7 rings (SSSR count). The van der Waals surface area contributed by atoms with E-state index in [9.17, 15) is 23.1 Å². The Morgan fingerprint density at radius 3 is 2.05 bits per heavy atom. The number of benzene rings is 4. The second-order valence-electron chi connectivity index (χ2n) is 16.9. The second kappa shape index (κ2) is 15.4. The molecular formula is C48H54F3IrN2O2-. The van der Waals surface area contributed by atoms with Gasteiger partial charge in [-0.1, -0.05) is 120 Å².